The van der Waals surface area contributed by atoms with E-state index in [2.05, 4.69) is 10.9 Å². The lowest BCUT2D eigenvalue weighted by atomic mass is 10.2. The number of nitro groups is 1. The molecule has 0 unspecified atom stereocenters. The van der Waals surface area contributed by atoms with Gasteiger partial charge in [-0.25, -0.2) is 0 Å². The fraction of sp³-hybridized carbons (Fsp3) is 0.176. The van der Waals surface area contributed by atoms with Gasteiger partial charge in [0.1, 0.15) is 5.75 Å². The first kappa shape index (κ1) is 17.9. The van der Waals surface area contributed by atoms with Gasteiger partial charge in [0.05, 0.1) is 16.6 Å². The maximum atomic E-state index is 12.2. The fourth-order valence-corrected chi connectivity index (χ4v) is 2.00. The first-order valence-corrected chi connectivity index (χ1v) is 7.49. The second-order valence-corrected chi connectivity index (χ2v) is 5.37. The van der Waals surface area contributed by atoms with Crippen molar-refractivity contribution in [2.24, 2.45) is 0 Å². The van der Waals surface area contributed by atoms with Gasteiger partial charge in [-0.3, -0.25) is 30.6 Å². The molecule has 0 aliphatic heterocycles. The molecule has 0 bridgehead atoms. The minimum absolute atomic E-state index is 0.108. The number of amides is 2. The van der Waals surface area contributed by atoms with Crippen LogP contribution in [0.15, 0.2) is 48.5 Å². The van der Waals surface area contributed by atoms with Crippen molar-refractivity contribution in [3.8, 4) is 5.75 Å². The number of nitro benzene ring substituents is 1. The molecule has 0 aromatic heterocycles. The molecule has 0 spiro atoms. The lowest BCUT2D eigenvalue weighted by Gasteiger charge is -2.14. The number of non-ortho nitro benzene ring substituents is 1. The maximum absolute atomic E-state index is 12.2. The number of ether oxygens (including phenoxy) is 1. The Kier molecular flexibility index (Phi) is 5.67. The van der Waals surface area contributed by atoms with Crippen LogP contribution in [0.2, 0.25) is 0 Å². The Labute approximate surface area is 143 Å². The van der Waals surface area contributed by atoms with Crippen LogP contribution in [0.5, 0.6) is 5.75 Å². The molecule has 2 N–H and O–H groups in total. The number of hydrogen-bond acceptors (Lipinski definition) is 5. The Hall–Kier alpha value is -3.42. The zero-order valence-electron chi connectivity index (χ0n) is 13.7. The van der Waals surface area contributed by atoms with Gasteiger partial charge in [-0.15, -0.1) is 0 Å². The summed E-state index contributed by atoms with van der Waals surface area (Å²) in [5.41, 5.74) is 4.89. The van der Waals surface area contributed by atoms with E-state index in [9.17, 15) is 19.7 Å². The molecule has 0 aliphatic rings. The average molecular weight is 343 g/mol. The zero-order valence-corrected chi connectivity index (χ0v) is 13.7. The van der Waals surface area contributed by atoms with Crippen LogP contribution in [-0.2, 0) is 0 Å². The van der Waals surface area contributed by atoms with Gasteiger partial charge in [0.25, 0.3) is 17.5 Å². The number of hydrazine groups is 1. The molecule has 0 saturated carbocycles. The molecule has 0 atom stereocenters. The second-order valence-electron chi connectivity index (χ2n) is 5.37. The minimum atomic E-state index is -0.592. The Bertz CT molecular complexity index is 787. The average Bonchev–Trinajstić information content (AvgIpc) is 2.59. The number of hydrogen-bond donors (Lipinski definition) is 2. The molecule has 2 rings (SSSR count). The summed E-state index contributed by atoms with van der Waals surface area (Å²) >= 11 is 0. The van der Waals surface area contributed by atoms with Crippen LogP contribution < -0.4 is 15.6 Å². The molecule has 8 heteroatoms. The van der Waals surface area contributed by atoms with Crippen molar-refractivity contribution in [1.29, 1.82) is 0 Å². The van der Waals surface area contributed by atoms with Crippen LogP contribution in [0, 0.1) is 10.1 Å². The fourth-order valence-electron chi connectivity index (χ4n) is 2.00. The van der Waals surface area contributed by atoms with Crippen molar-refractivity contribution in [2.45, 2.75) is 20.0 Å². The highest BCUT2D eigenvalue weighted by molar-refractivity contribution is 6.00. The summed E-state index contributed by atoms with van der Waals surface area (Å²) in [5.74, 6) is -0.725. The van der Waals surface area contributed by atoms with Crippen LogP contribution in [-0.4, -0.2) is 22.8 Å². The topological polar surface area (TPSA) is 111 Å². The summed E-state index contributed by atoms with van der Waals surface area (Å²) in [6.07, 6.45) is -0.108. The molecule has 0 saturated heterocycles. The Morgan fingerprint density at radius 1 is 1.00 bits per heavy atom. The number of nitrogens with one attached hydrogen (secondary N) is 2. The molecular weight excluding hydrogens is 326 g/mol. The zero-order chi connectivity index (χ0) is 18.4. The molecule has 2 aromatic carbocycles. The molecule has 8 nitrogen and oxygen atoms in total. The predicted octanol–water partition coefficient (Wildman–Crippen LogP) is 2.46. The van der Waals surface area contributed by atoms with Crippen LogP contribution in [0.1, 0.15) is 34.6 Å². The minimum Gasteiger partial charge on any atom is -0.490 e. The molecule has 2 aromatic rings. The highest BCUT2D eigenvalue weighted by Gasteiger charge is 2.15. The van der Waals surface area contributed by atoms with E-state index in [4.69, 9.17) is 4.74 Å². The first-order valence-electron chi connectivity index (χ1n) is 7.49. The van der Waals surface area contributed by atoms with Crippen LogP contribution in [0.3, 0.4) is 0 Å². The second kappa shape index (κ2) is 7.91. The highest BCUT2D eigenvalue weighted by Crippen LogP contribution is 2.19. The molecule has 25 heavy (non-hydrogen) atoms. The van der Waals surface area contributed by atoms with E-state index in [1.165, 1.54) is 24.3 Å². The van der Waals surface area contributed by atoms with Crippen LogP contribution in [0.25, 0.3) is 0 Å². The van der Waals surface area contributed by atoms with Crippen molar-refractivity contribution in [2.75, 3.05) is 0 Å². The van der Waals surface area contributed by atoms with Crippen LogP contribution in [0.4, 0.5) is 5.69 Å². The smallest absolute Gasteiger partial charge is 0.273 e. The monoisotopic (exact) mass is 343 g/mol. The third-order valence-electron chi connectivity index (χ3n) is 3.12. The molecular formula is C17H17N3O5. The summed E-state index contributed by atoms with van der Waals surface area (Å²) in [5, 5.41) is 10.6. The van der Waals surface area contributed by atoms with E-state index in [1.807, 2.05) is 13.8 Å². The Balaban J connectivity index is 2.02. The molecule has 2 amide bonds. The van der Waals surface area contributed by atoms with Gasteiger partial charge in [-0.2, -0.15) is 0 Å². The third-order valence-corrected chi connectivity index (χ3v) is 3.12. The van der Waals surface area contributed by atoms with E-state index in [1.54, 1.807) is 24.3 Å². The lowest BCUT2D eigenvalue weighted by Crippen LogP contribution is -2.41. The normalized spacial score (nSPS) is 10.2. The number of benzene rings is 2. The SMILES string of the molecule is CC(C)Oc1ccccc1C(=O)NNC(=O)c1ccc([N+](=O)[O-])cc1. The summed E-state index contributed by atoms with van der Waals surface area (Å²) in [6, 6.07) is 11.7. The highest BCUT2D eigenvalue weighted by atomic mass is 16.6. The number of rotatable bonds is 5. The third kappa shape index (κ3) is 4.77. The molecule has 0 aliphatic carbocycles. The number of carbonyl (C=O) groups is 2. The van der Waals surface area contributed by atoms with Gasteiger partial charge in [-0.1, -0.05) is 12.1 Å². The largest absolute Gasteiger partial charge is 0.490 e. The van der Waals surface area contributed by atoms with Crippen molar-refractivity contribution < 1.29 is 19.2 Å². The summed E-state index contributed by atoms with van der Waals surface area (Å²) in [6.45, 7) is 3.68. The maximum Gasteiger partial charge on any atom is 0.273 e. The Morgan fingerprint density at radius 3 is 2.20 bits per heavy atom. The molecule has 130 valence electrons. The van der Waals surface area contributed by atoms with Gasteiger partial charge in [-0.05, 0) is 38.1 Å². The van der Waals surface area contributed by atoms with Gasteiger partial charge < -0.3 is 4.74 Å². The van der Waals surface area contributed by atoms with Crippen molar-refractivity contribution in [3.05, 3.63) is 69.8 Å². The molecule has 0 fully saturated rings. The van der Waals surface area contributed by atoms with Gasteiger partial charge in [0.15, 0.2) is 0 Å². The van der Waals surface area contributed by atoms with Crippen molar-refractivity contribution in [3.63, 3.8) is 0 Å². The summed E-state index contributed by atoms with van der Waals surface area (Å²) in [4.78, 5) is 34.3. The number of nitrogens with zero attached hydrogens (tertiary/aromatic N) is 1. The van der Waals surface area contributed by atoms with E-state index in [0.29, 0.717) is 5.75 Å². The van der Waals surface area contributed by atoms with E-state index in [0.717, 1.165) is 0 Å². The molecule has 0 heterocycles. The summed E-state index contributed by atoms with van der Waals surface area (Å²) < 4.78 is 5.56. The molecule has 0 radical (unpaired) electrons. The van der Waals surface area contributed by atoms with Crippen molar-refractivity contribution in [1.82, 2.24) is 10.9 Å². The Morgan fingerprint density at radius 2 is 1.60 bits per heavy atom. The van der Waals surface area contributed by atoms with Gasteiger partial charge >= 0.3 is 0 Å². The lowest BCUT2D eigenvalue weighted by molar-refractivity contribution is -0.384. The van der Waals surface area contributed by atoms with E-state index < -0.39 is 16.7 Å². The van der Waals surface area contributed by atoms with Gasteiger partial charge in [0.2, 0.25) is 0 Å². The van der Waals surface area contributed by atoms with Gasteiger partial charge in [0, 0.05) is 17.7 Å². The van der Waals surface area contributed by atoms with E-state index in [-0.39, 0.29) is 22.9 Å². The standard InChI is InChI=1S/C17H17N3O5/c1-11(2)25-15-6-4-3-5-14(15)17(22)19-18-16(21)12-7-9-13(10-8-12)20(23)24/h3-11H,1-2H3,(H,18,21)(H,19,22). The van der Waals surface area contributed by atoms with Crippen LogP contribution >= 0.6 is 0 Å². The van der Waals surface area contributed by atoms with Crippen molar-refractivity contribution >= 4 is 17.5 Å². The van der Waals surface area contributed by atoms with E-state index >= 15 is 0 Å². The summed E-state index contributed by atoms with van der Waals surface area (Å²) in [7, 11) is 0. The quantitative estimate of drug-likeness (QED) is 0.640. The number of para-hydroxylation sites is 1. The predicted molar refractivity (Wildman–Crippen MR) is 90.2 cm³/mol. The number of carbonyl (C=O) groups excluding carboxylic acids is 2. The first-order chi connectivity index (χ1) is 11.9.